The monoisotopic (exact) mass is 369 g/mol. The molecule has 2 amide bonds. The normalized spacial score (nSPS) is 13.4. The molecule has 0 fully saturated rings. The third kappa shape index (κ3) is 2.19. The van der Waals surface area contributed by atoms with Crippen LogP contribution in [-0.4, -0.2) is 31.6 Å². The van der Waals surface area contributed by atoms with Crippen molar-refractivity contribution in [2.24, 2.45) is 0 Å². The van der Waals surface area contributed by atoms with Crippen LogP contribution in [0.3, 0.4) is 0 Å². The van der Waals surface area contributed by atoms with Gasteiger partial charge in [0.25, 0.3) is 11.8 Å². The van der Waals surface area contributed by atoms with Gasteiger partial charge in [-0.25, -0.2) is 14.9 Å². The van der Waals surface area contributed by atoms with Crippen LogP contribution >= 0.6 is 0 Å². The Hall–Kier alpha value is -3.87. The number of aryl methyl sites for hydroxylation is 2. The molecule has 0 radical (unpaired) electrons. The lowest BCUT2D eigenvalue weighted by molar-refractivity contribution is 0.0926. The third-order valence-electron chi connectivity index (χ3n) is 4.85. The van der Waals surface area contributed by atoms with Crippen LogP contribution in [0.1, 0.15) is 32.0 Å². The lowest BCUT2D eigenvalue weighted by Crippen LogP contribution is -2.29. The van der Waals surface area contributed by atoms with Gasteiger partial charge in [-0.15, -0.1) is 0 Å². The molecule has 7 nitrogen and oxygen atoms in total. The Balaban J connectivity index is 1.73. The van der Waals surface area contributed by atoms with E-state index in [-0.39, 0.29) is 11.8 Å². The van der Waals surface area contributed by atoms with Crippen LogP contribution in [0.5, 0.6) is 0 Å². The van der Waals surface area contributed by atoms with Crippen molar-refractivity contribution in [3.63, 3.8) is 0 Å². The molecular weight excluding hydrogens is 354 g/mol. The summed E-state index contributed by atoms with van der Waals surface area (Å²) >= 11 is 0. The zero-order valence-electron chi connectivity index (χ0n) is 15.2. The Morgan fingerprint density at radius 3 is 2.54 bits per heavy atom. The van der Waals surface area contributed by atoms with Gasteiger partial charge in [0, 0.05) is 12.4 Å². The molecule has 7 heteroatoms. The summed E-state index contributed by atoms with van der Waals surface area (Å²) in [5, 5.41) is 5.10. The Morgan fingerprint density at radius 1 is 0.929 bits per heavy atom. The summed E-state index contributed by atoms with van der Waals surface area (Å²) in [5.41, 5.74) is 3.28. The Labute approximate surface area is 160 Å². The highest BCUT2D eigenvalue weighted by Crippen LogP contribution is 2.34. The molecule has 4 aromatic rings. The summed E-state index contributed by atoms with van der Waals surface area (Å²) < 4.78 is 1.60. The van der Waals surface area contributed by atoms with Gasteiger partial charge in [-0.3, -0.25) is 9.59 Å². The van der Waals surface area contributed by atoms with E-state index in [1.165, 1.54) is 11.1 Å². The Bertz CT molecular complexity index is 1280. The van der Waals surface area contributed by atoms with Crippen molar-refractivity contribution >= 4 is 28.5 Å². The number of aromatic nitrogens is 4. The van der Waals surface area contributed by atoms with Crippen molar-refractivity contribution in [2.45, 2.75) is 13.8 Å². The molecule has 0 spiro atoms. The van der Waals surface area contributed by atoms with Crippen molar-refractivity contribution in [3.05, 3.63) is 77.2 Å². The summed E-state index contributed by atoms with van der Waals surface area (Å²) in [6, 6.07) is 12.8. The average Bonchev–Trinajstić information content (AvgIpc) is 3.17. The number of hydrogen-bond donors (Lipinski definition) is 0. The molecule has 0 N–H and O–H groups in total. The SMILES string of the molecule is Cc1cccc(N2C(=O)c3cnc4c(c(C)nn4-c4ccccn4)c3C2=O)c1. The number of imide groups is 1. The van der Waals surface area contributed by atoms with E-state index in [0.29, 0.717) is 39.4 Å². The summed E-state index contributed by atoms with van der Waals surface area (Å²) in [6.07, 6.45) is 3.12. The van der Waals surface area contributed by atoms with E-state index in [0.717, 1.165) is 5.56 Å². The van der Waals surface area contributed by atoms with E-state index in [1.807, 2.05) is 43.3 Å². The van der Waals surface area contributed by atoms with Gasteiger partial charge in [-0.2, -0.15) is 9.78 Å². The van der Waals surface area contributed by atoms with Crippen LogP contribution in [0.2, 0.25) is 0 Å². The van der Waals surface area contributed by atoms with Gasteiger partial charge < -0.3 is 0 Å². The molecule has 1 aliphatic heterocycles. The lowest BCUT2D eigenvalue weighted by atomic mass is 10.1. The van der Waals surface area contributed by atoms with Gasteiger partial charge in [-0.1, -0.05) is 18.2 Å². The lowest BCUT2D eigenvalue weighted by Gasteiger charge is -2.14. The first kappa shape index (κ1) is 16.3. The van der Waals surface area contributed by atoms with Crippen LogP contribution in [0.15, 0.2) is 54.9 Å². The number of carbonyl (C=O) groups is 2. The maximum absolute atomic E-state index is 13.3. The molecular formula is C21H15N5O2. The van der Waals surface area contributed by atoms with Crippen LogP contribution in [0, 0.1) is 13.8 Å². The topological polar surface area (TPSA) is 81.0 Å². The molecule has 0 unspecified atom stereocenters. The minimum Gasteiger partial charge on any atom is -0.268 e. The Morgan fingerprint density at radius 2 is 1.79 bits per heavy atom. The molecule has 1 aromatic carbocycles. The average molecular weight is 369 g/mol. The van der Waals surface area contributed by atoms with Gasteiger partial charge in [0.15, 0.2) is 11.5 Å². The van der Waals surface area contributed by atoms with Crippen molar-refractivity contribution in [1.82, 2.24) is 19.7 Å². The molecule has 0 saturated heterocycles. The highest BCUT2D eigenvalue weighted by Gasteiger charge is 2.40. The fourth-order valence-corrected chi connectivity index (χ4v) is 3.60. The fraction of sp³-hybridized carbons (Fsp3) is 0.0952. The maximum Gasteiger partial charge on any atom is 0.267 e. The van der Waals surface area contributed by atoms with Gasteiger partial charge in [0.2, 0.25) is 0 Å². The summed E-state index contributed by atoms with van der Waals surface area (Å²) in [4.78, 5) is 36.2. The number of anilines is 1. The molecule has 0 bridgehead atoms. The third-order valence-corrected chi connectivity index (χ3v) is 4.85. The van der Waals surface area contributed by atoms with Crippen LogP contribution < -0.4 is 4.90 Å². The second kappa shape index (κ2) is 5.82. The maximum atomic E-state index is 13.3. The fourth-order valence-electron chi connectivity index (χ4n) is 3.60. The number of nitrogens with zero attached hydrogens (tertiary/aromatic N) is 5. The van der Waals surface area contributed by atoms with Crippen molar-refractivity contribution in [1.29, 1.82) is 0 Å². The number of pyridine rings is 2. The Kier molecular flexibility index (Phi) is 3.39. The second-order valence-corrected chi connectivity index (χ2v) is 6.72. The second-order valence-electron chi connectivity index (χ2n) is 6.72. The number of fused-ring (bicyclic) bond motifs is 3. The van der Waals surface area contributed by atoms with Crippen LogP contribution in [0.25, 0.3) is 16.9 Å². The number of amides is 2. The van der Waals surface area contributed by atoms with E-state index >= 15 is 0 Å². The van der Waals surface area contributed by atoms with Crippen molar-refractivity contribution in [2.75, 3.05) is 4.90 Å². The first-order valence-corrected chi connectivity index (χ1v) is 8.81. The standard InChI is InChI=1S/C21H15N5O2/c1-12-6-5-7-14(10-12)25-20(27)15-11-23-19-17(18(15)21(25)28)13(2)24-26(19)16-8-3-4-9-22-16/h3-11H,1-2H3. The van der Waals surface area contributed by atoms with Gasteiger partial charge in [-0.05, 0) is 43.7 Å². The number of rotatable bonds is 2. The predicted molar refractivity (Wildman–Crippen MR) is 104 cm³/mol. The van der Waals surface area contributed by atoms with E-state index in [4.69, 9.17) is 0 Å². The van der Waals surface area contributed by atoms with Crippen LogP contribution in [0.4, 0.5) is 5.69 Å². The number of carbonyl (C=O) groups excluding carboxylic acids is 2. The van der Waals surface area contributed by atoms with E-state index in [9.17, 15) is 9.59 Å². The highest BCUT2D eigenvalue weighted by atomic mass is 16.2. The van der Waals surface area contributed by atoms with E-state index in [2.05, 4.69) is 15.1 Å². The molecule has 136 valence electrons. The van der Waals surface area contributed by atoms with Crippen LogP contribution in [-0.2, 0) is 0 Å². The summed E-state index contributed by atoms with van der Waals surface area (Å²) in [5.74, 6) is -0.132. The molecule has 0 saturated carbocycles. The predicted octanol–water partition coefficient (Wildman–Crippen LogP) is 3.23. The van der Waals surface area contributed by atoms with Crippen molar-refractivity contribution in [3.8, 4) is 5.82 Å². The molecule has 3 aromatic heterocycles. The zero-order valence-corrected chi connectivity index (χ0v) is 15.2. The molecule has 0 aliphatic carbocycles. The van der Waals surface area contributed by atoms with Gasteiger partial charge in [0.05, 0.1) is 27.9 Å². The molecule has 28 heavy (non-hydrogen) atoms. The van der Waals surface area contributed by atoms with Crippen molar-refractivity contribution < 1.29 is 9.59 Å². The van der Waals surface area contributed by atoms with E-state index < -0.39 is 0 Å². The highest BCUT2D eigenvalue weighted by molar-refractivity contribution is 6.37. The van der Waals surface area contributed by atoms with E-state index in [1.54, 1.807) is 23.9 Å². The largest absolute Gasteiger partial charge is 0.268 e. The summed E-state index contributed by atoms with van der Waals surface area (Å²) in [7, 11) is 0. The number of benzene rings is 1. The van der Waals surface area contributed by atoms with Gasteiger partial charge >= 0.3 is 0 Å². The zero-order chi connectivity index (χ0) is 19.4. The smallest absolute Gasteiger partial charge is 0.267 e. The minimum atomic E-state index is -0.370. The first-order chi connectivity index (χ1) is 13.6. The molecule has 4 heterocycles. The molecule has 5 rings (SSSR count). The molecule has 1 aliphatic rings. The summed E-state index contributed by atoms with van der Waals surface area (Å²) in [6.45, 7) is 3.72. The van der Waals surface area contributed by atoms with Gasteiger partial charge in [0.1, 0.15) is 0 Å². The quantitative estimate of drug-likeness (QED) is 0.507. The molecule has 0 atom stereocenters. The minimum absolute atomic E-state index is 0.294. The first-order valence-electron chi connectivity index (χ1n) is 8.81. The number of hydrogen-bond acceptors (Lipinski definition) is 5.